The summed E-state index contributed by atoms with van der Waals surface area (Å²) in [5, 5.41) is 2.51. The minimum atomic E-state index is -0.359. The van der Waals surface area contributed by atoms with Crippen molar-refractivity contribution in [2.24, 2.45) is 0 Å². The highest BCUT2D eigenvalue weighted by atomic mass is 16.2. The van der Waals surface area contributed by atoms with Gasteiger partial charge in [-0.2, -0.15) is 0 Å². The molecule has 1 aliphatic heterocycles. The number of rotatable bonds is 4. The second-order valence-electron chi connectivity index (χ2n) is 7.52. The molecule has 0 atom stereocenters. The van der Waals surface area contributed by atoms with Gasteiger partial charge in [-0.25, -0.2) is 4.79 Å². The Morgan fingerprint density at radius 3 is 1.70 bits per heavy atom. The number of urea groups is 1. The Bertz CT molecular complexity index is 930. The third-order valence-electron chi connectivity index (χ3n) is 5.62. The van der Waals surface area contributed by atoms with Gasteiger partial charge >= 0.3 is 6.03 Å². The molecule has 4 rings (SSSR count). The Labute approximate surface area is 176 Å². The average Bonchev–Trinajstić information content (AvgIpc) is 2.81. The SMILES string of the molecule is O=C(NC(=O)N1CC[NH+](C(c2ccccc2)c2ccccc2)CC1)c1ccccc1. The van der Waals surface area contributed by atoms with E-state index in [1.165, 1.54) is 16.0 Å². The summed E-state index contributed by atoms with van der Waals surface area (Å²) in [6.07, 6.45) is 0. The van der Waals surface area contributed by atoms with E-state index in [0.29, 0.717) is 18.7 Å². The van der Waals surface area contributed by atoms with Crippen molar-refractivity contribution in [2.45, 2.75) is 6.04 Å². The van der Waals surface area contributed by atoms with Crippen LogP contribution in [-0.2, 0) is 0 Å². The van der Waals surface area contributed by atoms with Crippen molar-refractivity contribution >= 4 is 11.9 Å². The molecule has 0 saturated carbocycles. The molecule has 0 spiro atoms. The van der Waals surface area contributed by atoms with Crippen LogP contribution in [0.5, 0.6) is 0 Å². The zero-order valence-electron chi connectivity index (χ0n) is 16.8. The number of nitrogens with one attached hydrogen (secondary N) is 2. The first-order chi connectivity index (χ1) is 14.7. The summed E-state index contributed by atoms with van der Waals surface area (Å²) in [5.41, 5.74) is 3.04. The number of quaternary nitrogens is 1. The highest BCUT2D eigenvalue weighted by molar-refractivity contribution is 6.04. The summed E-state index contributed by atoms with van der Waals surface area (Å²) in [6.45, 7) is 2.86. The normalized spacial score (nSPS) is 14.5. The fraction of sp³-hybridized carbons (Fsp3) is 0.200. The molecule has 3 aromatic carbocycles. The molecule has 1 aliphatic rings. The third kappa shape index (κ3) is 4.58. The van der Waals surface area contributed by atoms with E-state index < -0.39 is 0 Å². The molecule has 0 aliphatic carbocycles. The van der Waals surface area contributed by atoms with Gasteiger partial charge in [0.2, 0.25) is 0 Å². The van der Waals surface area contributed by atoms with E-state index in [9.17, 15) is 9.59 Å². The molecule has 1 heterocycles. The van der Waals surface area contributed by atoms with Crippen LogP contribution in [0.3, 0.4) is 0 Å². The maximum Gasteiger partial charge on any atom is 0.324 e. The van der Waals surface area contributed by atoms with E-state index in [-0.39, 0.29) is 18.0 Å². The van der Waals surface area contributed by atoms with Crippen molar-refractivity contribution in [1.82, 2.24) is 10.2 Å². The largest absolute Gasteiger partial charge is 0.324 e. The Morgan fingerprint density at radius 1 is 0.733 bits per heavy atom. The molecule has 1 saturated heterocycles. The van der Waals surface area contributed by atoms with E-state index in [2.05, 4.69) is 53.8 Å². The number of hydrogen-bond donors (Lipinski definition) is 2. The van der Waals surface area contributed by atoms with Gasteiger partial charge < -0.3 is 9.80 Å². The number of benzene rings is 3. The van der Waals surface area contributed by atoms with E-state index in [1.54, 1.807) is 29.2 Å². The second kappa shape index (κ2) is 9.37. The molecule has 152 valence electrons. The van der Waals surface area contributed by atoms with Crippen LogP contribution in [0.1, 0.15) is 27.5 Å². The molecule has 30 heavy (non-hydrogen) atoms. The van der Waals surface area contributed by atoms with Gasteiger partial charge in [0, 0.05) is 16.7 Å². The van der Waals surface area contributed by atoms with Crippen LogP contribution in [0.15, 0.2) is 91.0 Å². The zero-order valence-corrected chi connectivity index (χ0v) is 16.8. The van der Waals surface area contributed by atoms with Crippen LogP contribution in [0, 0.1) is 0 Å². The Kier molecular flexibility index (Phi) is 6.20. The molecule has 0 bridgehead atoms. The molecule has 1 fully saturated rings. The van der Waals surface area contributed by atoms with Gasteiger partial charge in [-0.05, 0) is 12.1 Å². The standard InChI is InChI=1S/C25H25N3O2/c29-24(22-14-8-3-9-15-22)26-25(30)28-18-16-27(17-19-28)23(20-10-4-1-5-11-20)21-12-6-2-7-13-21/h1-15,23H,16-19H2,(H,26,29,30)/p+1. The number of carbonyl (C=O) groups excluding carboxylic acids is 2. The van der Waals surface area contributed by atoms with Crippen molar-refractivity contribution in [2.75, 3.05) is 26.2 Å². The molecular weight excluding hydrogens is 374 g/mol. The number of amides is 3. The highest BCUT2D eigenvalue weighted by Gasteiger charge is 2.31. The average molecular weight is 401 g/mol. The number of piperazine rings is 1. The van der Waals surface area contributed by atoms with Crippen molar-refractivity contribution in [3.8, 4) is 0 Å². The predicted molar refractivity (Wildman–Crippen MR) is 116 cm³/mol. The van der Waals surface area contributed by atoms with Gasteiger partial charge in [0.15, 0.2) is 0 Å². The van der Waals surface area contributed by atoms with E-state index in [0.717, 1.165) is 13.1 Å². The number of hydrogen-bond acceptors (Lipinski definition) is 2. The second-order valence-corrected chi connectivity index (χ2v) is 7.52. The molecule has 0 unspecified atom stereocenters. The summed E-state index contributed by atoms with van der Waals surface area (Å²) >= 11 is 0. The minimum Gasteiger partial charge on any atom is -0.322 e. The molecule has 0 radical (unpaired) electrons. The summed E-state index contributed by atoms with van der Waals surface area (Å²) in [7, 11) is 0. The summed E-state index contributed by atoms with van der Waals surface area (Å²) < 4.78 is 0. The quantitative estimate of drug-likeness (QED) is 0.707. The van der Waals surface area contributed by atoms with Gasteiger partial charge in [-0.3, -0.25) is 10.1 Å². The van der Waals surface area contributed by atoms with Gasteiger partial charge in [-0.15, -0.1) is 0 Å². The predicted octanol–water partition coefficient (Wildman–Crippen LogP) is 2.53. The number of imide groups is 1. The lowest BCUT2D eigenvalue weighted by atomic mass is 9.96. The van der Waals surface area contributed by atoms with Gasteiger partial charge in [0.25, 0.3) is 5.91 Å². The van der Waals surface area contributed by atoms with Gasteiger partial charge in [0.05, 0.1) is 26.2 Å². The number of carbonyl (C=O) groups is 2. The van der Waals surface area contributed by atoms with Crippen LogP contribution in [-0.4, -0.2) is 43.0 Å². The minimum absolute atomic E-state index is 0.226. The molecule has 5 heteroatoms. The van der Waals surface area contributed by atoms with E-state index >= 15 is 0 Å². The van der Waals surface area contributed by atoms with Crippen molar-refractivity contribution in [3.63, 3.8) is 0 Å². The topological polar surface area (TPSA) is 53.9 Å². The van der Waals surface area contributed by atoms with Crippen LogP contribution in [0.2, 0.25) is 0 Å². The van der Waals surface area contributed by atoms with Gasteiger partial charge in [0.1, 0.15) is 6.04 Å². The smallest absolute Gasteiger partial charge is 0.322 e. The maximum absolute atomic E-state index is 12.6. The van der Waals surface area contributed by atoms with Crippen molar-refractivity contribution in [1.29, 1.82) is 0 Å². The fourth-order valence-corrected chi connectivity index (χ4v) is 4.08. The Balaban J connectivity index is 1.42. The lowest BCUT2D eigenvalue weighted by Crippen LogP contribution is -3.15. The fourth-order valence-electron chi connectivity index (χ4n) is 4.08. The van der Waals surface area contributed by atoms with Gasteiger partial charge in [-0.1, -0.05) is 78.9 Å². The zero-order chi connectivity index (χ0) is 20.8. The summed E-state index contributed by atoms with van der Waals surface area (Å²) in [4.78, 5) is 28.0. The lowest BCUT2D eigenvalue weighted by Gasteiger charge is -2.36. The van der Waals surface area contributed by atoms with Crippen molar-refractivity contribution in [3.05, 3.63) is 108 Å². The molecule has 0 aromatic heterocycles. The molecular formula is C25H26N3O2+. The third-order valence-corrected chi connectivity index (χ3v) is 5.62. The van der Waals surface area contributed by atoms with Crippen LogP contribution in [0.4, 0.5) is 4.79 Å². The first kappa shape index (κ1) is 19.9. The Hall–Kier alpha value is -3.44. The molecule has 2 N–H and O–H groups in total. The Morgan fingerprint density at radius 2 is 1.20 bits per heavy atom. The molecule has 3 aromatic rings. The molecule has 3 amide bonds. The lowest BCUT2D eigenvalue weighted by molar-refractivity contribution is -0.929. The monoisotopic (exact) mass is 400 g/mol. The van der Waals surface area contributed by atoms with Crippen LogP contribution in [0.25, 0.3) is 0 Å². The van der Waals surface area contributed by atoms with E-state index in [4.69, 9.17) is 0 Å². The van der Waals surface area contributed by atoms with Crippen LogP contribution < -0.4 is 10.2 Å². The highest BCUT2D eigenvalue weighted by Crippen LogP contribution is 2.19. The van der Waals surface area contributed by atoms with Crippen LogP contribution >= 0.6 is 0 Å². The summed E-state index contributed by atoms with van der Waals surface area (Å²) in [5.74, 6) is -0.359. The van der Waals surface area contributed by atoms with Crippen molar-refractivity contribution < 1.29 is 14.5 Å². The number of nitrogens with zero attached hydrogens (tertiary/aromatic N) is 1. The summed E-state index contributed by atoms with van der Waals surface area (Å²) in [6, 6.07) is 29.8. The first-order valence-electron chi connectivity index (χ1n) is 10.3. The van der Waals surface area contributed by atoms with E-state index in [1.807, 2.05) is 18.2 Å². The molecule has 5 nitrogen and oxygen atoms in total. The maximum atomic E-state index is 12.6. The first-order valence-corrected chi connectivity index (χ1v) is 10.3.